The molecule has 1 aromatic rings. The molecule has 0 spiro atoms. The molecule has 0 aromatic heterocycles. The summed E-state index contributed by atoms with van der Waals surface area (Å²) in [6, 6.07) is 2.20. The van der Waals surface area contributed by atoms with Gasteiger partial charge in [-0.2, -0.15) is 8.42 Å². The van der Waals surface area contributed by atoms with Crippen molar-refractivity contribution in [2.75, 3.05) is 19.2 Å². The van der Waals surface area contributed by atoms with Crippen LogP contribution in [0.25, 0.3) is 0 Å². The Labute approximate surface area is 301 Å². The molecule has 1 fully saturated rings. The number of esters is 1. The zero-order valence-corrected chi connectivity index (χ0v) is 33.5. The smallest absolute Gasteiger partial charge is 0.419 e. The maximum atomic E-state index is 13.3. The molecule has 3 N–H and O–H groups in total. The zero-order valence-electron chi connectivity index (χ0n) is 29.1. The van der Waals surface area contributed by atoms with Gasteiger partial charge >= 0.3 is 27.1 Å². The van der Waals surface area contributed by atoms with Crippen molar-refractivity contribution in [2.24, 2.45) is 5.92 Å². The number of phosphoric acid groups is 1. The monoisotopic (exact) mass is 824 g/mol. The summed E-state index contributed by atoms with van der Waals surface area (Å²) in [5.41, 5.74) is -3.21. The molecular formula is C27H43N2O17P3S2. The number of hydrogen-bond donors (Lipinski definition) is 3. The number of nitro groups is 1. The van der Waals surface area contributed by atoms with Gasteiger partial charge in [-0.1, -0.05) is 6.92 Å². The van der Waals surface area contributed by atoms with Crippen LogP contribution in [-0.4, -0.2) is 91.3 Å². The molecule has 1 aromatic carbocycles. The van der Waals surface area contributed by atoms with E-state index < -0.39 is 101 Å². The number of likely N-dealkylation sites (tertiary alicyclic amines) is 1. The van der Waals surface area contributed by atoms with Gasteiger partial charge in [0.1, 0.15) is 4.90 Å². The van der Waals surface area contributed by atoms with Crippen molar-refractivity contribution in [1.82, 2.24) is 4.90 Å². The van der Waals surface area contributed by atoms with Gasteiger partial charge in [-0.25, -0.2) is 4.57 Å². The summed E-state index contributed by atoms with van der Waals surface area (Å²) in [7, 11) is -13.0. The SMILES string of the molecule is COP(=O)(O)OC(C)(C)CCOC(C)(C)P(=O)(O)OPCSC1CC(=O)N(C(C)(C)CC(C)C(=O)Oc2ccc(S(=O)(=O)O)cc2[N+](=O)[O-])C1=O. The van der Waals surface area contributed by atoms with Gasteiger partial charge in [0, 0.05) is 39.4 Å². The first-order chi connectivity index (χ1) is 23.1. The van der Waals surface area contributed by atoms with E-state index >= 15 is 0 Å². The van der Waals surface area contributed by atoms with E-state index in [1.807, 2.05) is 0 Å². The summed E-state index contributed by atoms with van der Waals surface area (Å²) < 4.78 is 82.1. The van der Waals surface area contributed by atoms with E-state index in [9.17, 15) is 56.4 Å². The lowest BCUT2D eigenvalue weighted by molar-refractivity contribution is -0.385. The van der Waals surface area contributed by atoms with E-state index in [1.165, 1.54) is 34.6 Å². The standard InChI is InChI=1S/C27H43N2O17P3S2/c1-17(24(32)44-20-10-9-18(51(39,40)41)13-19(20)29(33)34)15-25(2,3)28-22(30)14-21(23(28)31)50-16-47-46-48(35,36)27(6,7)43-12-11-26(4,5)45-49(37,38)42-8/h9-10,13,17,21,47H,11-12,14-16H2,1-8H3,(H,35,36)(H,37,38)(H,39,40,41). The molecule has 0 saturated carbocycles. The minimum Gasteiger partial charge on any atom is -0.419 e. The van der Waals surface area contributed by atoms with E-state index in [-0.39, 0.29) is 31.4 Å². The number of phosphoric ester groups is 1. The highest BCUT2D eigenvalue weighted by molar-refractivity contribution is 8.04. The number of ether oxygens (including phenoxy) is 2. The molecule has 0 aliphatic carbocycles. The molecular weight excluding hydrogens is 781 g/mol. The topological polar surface area (TPSA) is 273 Å². The van der Waals surface area contributed by atoms with Crippen LogP contribution in [0, 0.1) is 16.0 Å². The highest BCUT2D eigenvalue weighted by Gasteiger charge is 2.48. The predicted molar refractivity (Wildman–Crippen MR) is 185 cm³/mol. The number of benzene rings is 1. The molecule has 19 nitrogen and oxygen atoms in total. The van der Waals surface area contributed by atoms with Gasteiger partial charge in [0.05, 0.1) is 28.3 Å². The van der Waals surface area contributed by atoms with Crippen LogP contribution in [0.15, 0.2) is 23.1 Å². The molecule has 24 heteroatoms. The Morgan fingerprint density at radius 3 is 2.33 bits per heavy atom. The lowest BCUT2D eigenvalue weighted by Gasteiger charge is -2.35. The van der Waals surface area contributed by atoms with Crippen molar-refractivity contribution in [3.05, 3.63) is 28.3 Å². The van der Waals surface area contributed by atoms with Crippen molar-refractivity contribution in [3.63, 3.8) is 0 Å². The van der Waals surface area contributed by atoms with Crippen LogP contribution in [0.1, 0.15) is 67.7 Å². The van der Waals surface area contributed by atoms with Crippen LogP contribution in [0.3, 0.4) is 0 Å². The van der Waals surface area contributed by atoms with Crippen molar-refractivity contribution in [2.45, 2.75) is 94.4 Å². The lowest BCUT2D eigenvalue weighted by Crippen LogP contribution is -2.49. The van der Waals surface area contributed by atoms with Crippen LogP contribution >= 0.6 is 36.0 Å². The van der Waals surface area contributed by atoms with E-state index in [0.717, 1.165) is 35.9 Å². The number of nitro benzene ring substituents is 1. The number of hydrogen-bond acceptors (Lipinski definition) is 15. The Bertz CT molecular complexity index is 1700. The van der Waals surface area contributed by atoms with Gasteiger partial charge in [0.25, 0.3) is 10.1 Å². The first-order valence-electron chi connectivity index (χ1n) is 15.0. The summed E-state index contributed by atoms with van der Waals surface area (Å²) in [5.74, 6) is -3.63. The zero-order chi connectivity index (χ0) is 39.4. The van der Waals surface area contributed by atoms with Crippen LogP contribution in [0.4, 0.5) is 5.69 Å². The summed E-state index contributed by atoms with van der Waals surface area (Å²) in [6.07, 6.45) is -0.237. The van der Waals surface area contributed by atoms with Crippen molar-refractivity contribution < 1.29 is 74.0 Å². The second kappa shape index (κ2) is 17.1. The molecule has 1 aliphatic heterocycles. The minimum absolute atomic E-state index is 0.0586. The second-order valence-electron chi connectivity index (χ2n) is 13.1. The summed E-state index contributed by atoms with van der Waals surface area (Å²) >= 11 is 1.04. The predicted octanol–water partition coefficient (Wildman–Crippen LogP) is 4.85. The average Bonchev–Trinajstić information content (AvgIpc) is 3.26. The van der Waals surface area contributed by atoms with Crippen LogP contribution in [-0.2, 0) is 51.7 Å². The van der Waals surface area contributed by atoms with Gasteiger partial charge in [0.2, 0.25) is 17.6 Å². The van der Waals surface area contributed by atoms with E-state index in [2.05, 4.69) is 4.52 Å². The largest absolute Gasteiger partial charge is 0.472 e. The number of carbonyl (C=O) groups excluding carboxylic acids is 3. The molecule has 5 unspecified atom stereocenters. The fourth-order valence-electron chi connectivity index (χ4n) is 4.77. The minimum atomic E-state index is -4.77. The third kappa shape index (κ3) is 12.6. The summed E-state index contributed by atoms with van der Waals surface area (Å²) in [6.45, 7) is 10.1. The van der Waals surface area contributed by atoms with Crippen molar-refractivity contribution >= 4 is 69.6 Å². The number of amides is 2. The Kier molecular flexibility index (Phi) is 15.2. The maximum Gasteiger partial charge on any atom is 0.472 e. The molecule has 0 bridgehead atoms. The quantitative estimate of drug-likeness (QED) is 0.0232. The Hall–Kier alpha value is -1.86. The summed E-state index contributed by atoms with van der Waals surface area (Å²) in [5, 5.41) is 8.92. The van der Waals surface area contributed by atoms with Crippen molar-refractivity contribution in [3.8, 4) is 5.75 Å². The van der Waals surface area contributed by atoms with Gasteiger partial charge < -0.3 is 19.3 Å². The van der Waals surface area contributed by atoms with E-state index in [4.69, 9.17) is 18.3 Å². The number of rotatable bonds is 20. The molecule has 51 heavy (non-hydrogen) atoms. The highest BCUT2D eigenvalue weighted by Crippen LogP contribution is 2.60. The van der Waals surface area contributed by atoms with Crippen LogP contribution < -0.4 is 4.74 Å². The highest BCUT2D eigenvalue weighted by atomic mass is 32.2. The number of thioether (sulfide) groups is 1. The van der Waals surface area contributed by atoms with E-state index in [1.54, 1.807) is 13.8 Å². The molecule has 1 aliphatic rings. The lowest BCUT2D eigenvalue weighted by atomic mass is 9.90. The third-order valence-electron chi connectivity index (χ3n) is 7.52. The molecule has 2 amide bonds. The molecule has 290 valence electrons. The molecule has 0 radical (unpaired) electrons. The normalized spacial score (nSPS) is 19.3. The molecule has 1 saturated heterocycles. The third-order valence-corrected chi connectivity index (χ3v) is 14.5. The maximum absolute atomic E-state index is 13.3. The number of nitrogens with zero attached hydrogens (tertiary/aromatic N) is 2. The molecule has 1 heterocycles. The van der Waals surface area contributed by atoms with Gasteiger partial charge in [-0.05, 0) is 66.5 Å². The fraction of sp³-hybridized carbons (Fsp3) is 0.667. The first-order valence-corrected chi connectivity index (χ1v) is 21.7. The van der Waals surface area contributed by atoms with Crippen molar-refractivity contribution in [1.29, 1.82) is 0 Å². The first kappa shape index (κ1) is 45.3. The van der Waals surface area contributed by atoms with Gasteiger partial charge in [-0.3, -0.25) is 51.9 Å². The Balaban J connectivity index is 1.95. The summed E-state index contributed by atoms with van der Waals surface area (Å²) in [4.78, 5) is 70.0. The van der Waals surface area contributed by atoms with Gasteiger partial charge in [0.15, 0.2) is 5.34 Å². The Morgan fingerprint density at radius 2 is 1.78 bits per heavy atom. The molecule has 2 rings (SSSR count). The fourth-order valence-corrected chi connectivity index (χ4v) is 10.2. The molecule has 5 atom stereocenters. The van der Waals surface area contributed by atoms with Gasteiger partial charge in [-0.15, -0.1) is 11.8 Å². The van der Waals surface area contributed by atoms with Crippen LogP contribution in [0.2, 0.25) is 0 Å². The Morgan fingerprint density at radius 1 is 1.18 bits per heavy atom. The number of imide groups is 1. The average molecular weight is 825 g/mol. The van der Waals surface area contributed by atoms with Crippen LogP contribution in [0.5, 0.6) is 5.75 Å². The number of carbonyl (C=O) groups is 3. The second-order valence-corrected chi connectivity index (χ2v) is 21.2. The van der Waals surface area contributed by atoms with E-state index in [0.29, 0.717) is 6.07 Å².